The average molecular weight is 401 g/mol. The molecule has 0 bridgehead atoms. The van der Waals surface area contributed by atoms with Crippen LogP contribution in [0.2, 0.25) is 5.02 Å². The van der Waals surface area contributed by atoms with Crippen LogP contribution < -0.4 is 10.5 Å². The van der Waals surface area contributed by atoms with Crippen molar-refractivity contribution in [1.29, 1.82) is 5.41 Å². The van der Waals surface area contributed by atoms with E-state index in [1.165, 1.54) is 7.05 Å². The maximum Gasteiger partial charge on any atom is 0.276 e. The molecule has 3 rings (SSSR count). The highest BCUT2D eigenvalue weighted by atomic mass is 35.5. The number of aromatic nitrogens is 2. The third-order valence-corrected chi connectivity index (χ3v) is 4.42. The number of halogens is 1. The molecule has 0 radical (unpaired) electrons. The third kappa shape index (κ3) is 4.08. The normalized spacial score (nSPS) is 11.0. The number of carbonyl (C=O) groups is 1. The van der Waals surface area contributed by atoms with Gasteiger partial charge in [-0.1, -0.05) is 11.6 Å². The molecule has 28 heavy (non-hydrogen) atoms. The molecule has 146 valence electrons. The SMILES string of the molecule is CN(C)Cc1cncc(Oc2ccc(Cl)c3cc(C(=O)N(C)C(=N)N)[nH]c23)c1. The average Bonchev–Trinajstić information content (AvgIpc) is 3.09. The molecule has 8 nitrogen and oxygen atoms in total. The van der Waals surface area contributed by atoms with Crippen LogP contribution in [0.1, 0.15) is 16.1 Å². The van der Waals surface area contributed by atoms with Crippen LogP contribution in [0.4, 0.5) is 0 Å². The van der Waals surface area contributed by atoms with Gasteiger partial charge < -0.3 is 20.4 Å². The second-order valence-corrected chi connectivity index (χ2v) is 7.04. The number of amides is 1. The van der Waals surface area contributed by atoms with Gasteiger partial charge in [0.2, 0.25) is 0 Å². The lowest BCUT2D eigenvalue weighted by atomic mass is 10.2. The lowest BCUT2D eigenvalue weighted by Crippen LogP contribution is -2.38. The van der Waals surface area contributed by atoms with E-state index in [9.17, 15) is 4.79 Å². The first-order valence-corrected chi connectivity index (χ1v) is 8.84. The van der Waals surface area contributed by atoms with Crippen LogP contribution in [0.3, 0.4) is 0 Å². The summed E-state index contributed by atoms with van der Waals surface area (Å²) >= 11 is 6.29. The zero-order chi connectivity index (χ0) is 20.4. The van der Waals surface area contributed by atoms with Crippen LogP contribution in [0, 0.1) is 5.41 Å². The summed E-state index contributed by atoms with van der Waals surface area (Å²) in [6, 6.07) is 6.95. The molecule has 3 aromatic rings. The van der Waals surface area contributed by atoms with E-state index < -0.39 is 5.91 Å². The van der Waals surface area contributed by atoms with Gasteiger partial charge in [0.1, 0.15) is 11.4 Å². The summed E-state index contributed by atoms with van der Waals surface area (Å²) in [5.74, 6) is 0.286. The highest BCUT2D eigenvalue weighted by Gasteiger charge is 2.19. The van der Waals surface area contributed by atoms with Gasteiger partial charge in [-0.15, -0.1) is 0 Å². The Bertz CT molecular complexity index is 1050. The van der Waals surface area contributed by atoms with Crippen molar-refractivity contribution in [3.05, 3.63) is 52.9 Å². The zero-order valence-electron chi connectivity index (χ0n) is 15.8. The lowest BCUT2D eigenvalue weighted by Gasteiger charge is -2.13. The topological polar surface area (TPSA) is 111 Å². The van der Waals surface area contributed by atoms with E-state index in [0.29, 0.717) is 27.4 Å². The van der Waals surface area contributed by atoms with E-state index in [4.69, 9.17) is 27.5 Å². The van der Waals surface area contributed by atoms with Gasteiger partial charge in [0.25, 0.3) is 5.91 Å². The first kappa shape index (κ1) is 19.7. The molecule has 0 atom stereocenters. The summed E-state index contributed by atoms with van der Waals surface area (Å²) in [5.41, 5.74) is 7.23. The fourth-order valence-electron chi connectivity index (χ4n) is 2.75. The van der Waals surface area contributed by atoms with Crippen molar-refractivity contribution in [2.24, 2.45) is 5.73 Å². The number of H-pyrrole nitrogens is 1. The molecule has 2 aromatic heterocycles. The minimum absolute atomic E-state index is 0.255. The molecule has 0 unspecified atom stereocenters. The van der Waals surface area contributed by atoms with Crippen LogP contribution in [-0.2, 0) is 6.54 Å². The standard InChI is InChI=1S/C19H21ClN6O2/c1-25(2)10-11-6-12(9-23-8-11)28-16-5-4-14(20)13-7-15(24-17(13)16)18(27)26(3)19(21)22/h4-9,24H,10H2,1-3H3,(H3,21,22). The van der Waals surface area contributed by atoms with Gasteiger partial charge in [0, 0.05) is 25.2 Å². The number of nitrogens with two attached hydrogens (primary N) is 1. The quantitative estimate of drug-likeness (QED) is 0.450. The van der Waals surface area contributed by atoms with Gasteiger partial charge in [-0.2, -0.15) is 0 Å². The number of carbonyl (C=O) groups excluding carboxylic acids is 1. The fraction of sp³-hybridized carbons (Fsp3) is 0.211. The summed E-state index contributed by atoms with van der Waals surface area (Å²) in [4.78, 5) is 22.8. The number of pyridine rings is 1. The van der Waals surface area contributed by atoms with Gasteiger partial charge in [0.15, 0.2) is 11.7 Å². The van der Waals surface area contributed by atoms with E-state index in [2.05, 4.69) is 9.97 Å². The number of hydrogen-bond donors (Lipinski definition) is 3. The molecule has 2 heterocycles. The molecule has 0 aliphatic heterocycles. The monoisotopic (exact) mass is 400 g/mol. The van der Waals surface area contributed by atoms with Crippen molar-refractivity contribution >= 4 is 34.4 Å². The van der Waals surface area contributed by atoms with Gasteiger partial charge in [-0.05, 0) is 43.9 Å². The minimum Gasteiger partial charge on any atom is -0.454 e. The summed E-state index contributed by atoms with van der Waals surface area (Å²) in [5, 5.41) is 8.53. The fourth-order valence-corrected chi connectivity index (χ4v) is 2.96. The number of hydrogen-bond acceptors (Lipinski definition) is 5. The Morgan fingerprint density at radius 1 is 1.29 bits per heavy atom. The second kappa shape index (κ2) is 7.87. The van der Waals surface area contributed by atoms with Gasteiger partial charge in [-0.3, -0.25) is 20.1 Å². The number of nitrogens with zero attached hydrogens (tertiary/aromatic N) is 3. The summed E-state index contributed by atoms with van der Waals surface area (Å²) in [6.45, 7) is 0.735. The molecular weight excluding hydrogens is 380 g/mol. The van der Waals surface area contributed by atoms with Crippen LogP contribution in [-0.4, -0.2) is 52.8 Å². The Labute approximate surface area is 167 Å². The zero-order valence-corrected chi connectivity index (χ0v) is 16.5. The minimum atomic E-state index is -0.444. The van der Waals surface area contributed by atoms with Crippen molar-refractivity contribution in [3.63, 3.8) is 0 Å². The van der Waals surface area contributed by atoms with Crippen molar-refractivity contribution in [3.8, 4) is 11.5 Å². The number of aromatic amines is 1. The predicted octanol–water partition coefficient (Wildman–Crippen LogP) is 3.04. The number of nitrogens with one attached hydrogen (secondary N) is 2. The molecule has 0 aliphatic rings. The van der Waals surface area contributed by atoms with Gasteiger partial charge >= 0.3 is 0 Å². The van der Waals surface area contributed by atoms with Gasteiger partial charge in [-0.25, -0.2) is 0 Å². The van der Waals surface area contributed by atoms with E-state index in [0.717, 1.165) is 17.0 Å². The largest absolute Gasteiger partial charge is 0.454 e. The highest BCUT2D eigenvalue weighted by molar-refractivity contribution is 6.35. The van der Waals surface area contributed by atoms with Crippen LogP contribution in [0.5, 0.6) is 11.5 Å². The Morgan fingerprint density at radius 2 is 2.04 bits per heavy atom. The molecule has 0 fully saturated rings. The third-order valence-electron chi connectivity index (χ3n) is 4.10. The lowest BCUT2D eigenvalue weighted by molar-refractivity contribution is 0.0864. The molecule has 0 spiro atoms. The number of benzene rings is 1. The Kier molecular flexibility index (Phi) is 5.53. The summed E-state index contributed by atoms with van der Waals surface area (Å²) in [6.07, 6.45) is 3.41. The smallest absolute Gasteiger partial charge is 0.276 e. The first-order chi connectivity index (χ1) is 13.3. The second-order valence-electron chi connectivity index (χ2n) is 6.64. The van der Waals surface area contributed by atoms with Crippen molar-refractivity contribution in [1.82, 2.24) is 19.8 Å². The Morgan fingerprint density at radius 3 is 2.71 bits per heavy atom. The molecule has 9 heteroatoms. The van der Waals surface area contributed by atoms with E-state index in [1.807, 2.05) is 25.1 Å². The number of fused-ring (bicyclic) bond motifs is 1. The maximum atomic E-state index is 12.5. The number of guanidine groups is 1. The Hall–Kier alpha value is -3.10. The van der Waals surface area contributed by atoms with Crippen molar-refractivity contribution in [2.45, 2.75) is 6.54 Å². The molecule has 1 aromatic carbocycles. The van der Waals surface area contributed by atoms with Crippen molar-refractivity contribution in [2.75, 3.05) is 21.1 Å². The van der Waals surface area contributed by atoms with E-state index >= 15 is 0 Å². The number of rotatable bonds is 5. The first-order valence-electron chi connectivity index (χ1n) is 8.46. The molecule has 0 saturated heterocycles. The van der Waals surface area contributed by atoms with Crippen molar-refractivity contribution < 1.29 is 9.53 Å². The summed E-state index contributed by atoms with van der Waals surface area (Å²) < 4.78 is 6.01. The molecular formula is C19H21ClN6O2. The van der Waals surface area contributed by atoms with Crippen LogP contribution >= 0.6 is 11.6 Å². The molecule has 4 N–H and O–H groups in total. The predicted molar refractivity (Wildman–Crippen MR) is 109 cm³/mol. The van der Waals surface area contributed by atoms with E-state index in [-0.39, 0.29) is 11.7 Å². The molecule has 0 saturated carbocycles. The van der Waals surface area contributed by atoms with Gasteiger partial charge in [0.05, 0.1) is 16.7 Å². The maximum absolute atomic E-state index is 12.5. The molecule has 0 aliphatic carbocycles. The van der Waals surface area contributed by atoms with Crippen LogP contribution in [0.15, 0.2) is 36.7 Å². The Balaban J connectivity index is 1.97. The number of ether oxygens (including phenoxy) is 1. The van der Waals surface area contributed by atoms with Crippen LogP contribution in [0.25, 0.3) is 10.9 Å². The molecule has 1 amide bonds. The summed E-state index contributed by atoms with van der Waals surface area (Å²) in [7, 11) is 5.38. The highest BCUT2D eigenvalue weighted by Crippen LogP contribution is 2.34. The van der Waals surface area contributed by atoms with E-state index in [1.54, 1.807) is 30.6 Å².